The molecule has 0 bridgehead atoms. The van der Waals surface area contributed by atoms with Crippen LogP contribution in [0.3, 0.4) is 0 Å². The highest BCUT2D eigenvalue weighted by Crippen LogP contribution is 2.18. The molecular weight excluding hydrogens is 342 g/mol. The molecule has 0 radical (unpaired) electrons. The predicted octanol–water partition coefficient (Wildman–Crippen LogP) is 3.20. The van der Waals surface area contributed by atoms with Crippen LogP contribution >= 0.6 is 0 Å². The lowest BCUT2D eigenvalue weighted by molar-refractivity contribution is -0.131. The number of rotatable bonds is 5. The minimum absolute atomic E-state index is 0.0844. The summed E-state index contributed by atoms with van der Waals surface area (Å²) in [6, 6.07) is 11.6. The zero-order chi connectivity index (χ0) is 19.2. The van der Waals surface area contributed by atoms with Gasteiger partial charge in [0.25, 0.3) is 5.91 Å². The van der Waals surface area contributed by atoms with Crippen LogP contribution in [0.1, 0.15) is 34.3 Å². The number of hydrogen-bond donors (Lipinski definition) is 2. The number of carboxylic acids is 1. The largest absolute Gasteiger partial charge is 0.478 e. The van der Waals surface area contributed by atoms with Gasteiger partial charge in [0.05, 0.1) is 0 Å². The molecule has 6 heteroatoms. The van der Waals surface area contributed by atoms with Crippen molar-refractivity contribution in [2.24, 2.45) is 0 Å². The summed E-state index contributed by atoms with van der Waals surface area (Å²) in [7, 11) is 0. The normalized spacial score (nSPS) is 15.1. The van der Waals surface area contributed by atoms with Gasteiger partial charge < -0.3 is 15.3 Å². The van der Waals surface area contributed by atoms with Crippen molar-refractivity contribution in [2.45, 2.75) is 25.8 Å². The first-order chi connectivity index (χ1) is 13.0. The first-order valence-electron chi connectivity index (χ1n) is 9.01. The monoisotopic (exact) mass is 365 g/mol. The third-order valence-electron chi connectivity index (χ3n) is 4.64. The van der Waals surface area contributed by atoms with E-state index in [1.165, 1.54) is 6.08 Å². The van der Waals surface area contributed by atoms with Crippen molar-refractivity contribution >= 4 is 23.8 Å². The van der Waals surface area contributed by atoms with Gasteiger partial charge in [-0.15, -0.1) is 0 Å². The van der Waals surface area contributed by atoms with Gasteiger partial charge in [-0.05, 0) is 55.7 Å². The number of carboxylic acid groups (broad SMARTS) is 1. The van der Waals surface area contributed by atoms with Crippen molar-refractivity contribution in [2.75, 3.05) is 18.4 Å². The van der Waals surface area contributed by atoms with Gasteiger partial charge in [-0.3, -0.25) is 4.79 Å². The Morgan fingerprint density at radius 1 is 1.15 bits per heavy atom. The van der Waals surface area contributed by atoms with Crippen LogP contribution in [0, 0.1) is 6.92 Å². The van der Waals surface area contributed by atoms with E-state index in [2.05, 4.69) is 10.3 Å². The molecule has 140 valence electrons. The summed E-state index contributed by atoms with van der Waals surface area (Å²) >= 11 is 0. The van der Waals surface area contributed by atoms with Crippen molar-refractivity contribution in [1.29, 1.82) is 0 Å². The number of carbonyl (C=O) groups excluding carboxylic acids is 1. The molecule has 1 aromatic heterocycles. The third-order valence-corrected chi connectivity index (χ3v) is 4.64. The molecule has 1 saturated heterocycles. The Balaban J connectivity index is 1.51. The Morgan fingerprint density at radius 2 is 1.85 bits per heavy atom. The number of nitrogens with one attached hydrogen (secondary N) is 1. The summed E-state index contributed by atoms with van der Waals surface area (Å²) in [5.41, 5.74) is 2.62. The minimum Gasteiger partial charge on any atom is -0.478 e. The fourth-order valence-electron chi connectivity index (χ4n) is 3.07. The summed E-state index contributed by atoms with van der Waals surface area (Å²) in [5, 5.41) is 12.0. The van der Waals surface area contributed by atoms with E-state index in [-0.39, 0.29) is 11.9 Å². The highest BCUT2D eigenvalue weighted by molar-refractivity contribution is 5.94. The van der Waals surface area contributed by atoms with Crippen molar-refractivity contribution in [3.05, 3.63) is 65.4 Å². The number of anilines is 1. The number of nitrogens with zero attached hydrogens (tertiary/aromatic N) is 2. The van der Waals surface area contributed by atoms with Gasteiger partial charge in [0, 0.05) is 37.0 Å². The fraction of sp³-hybridized carbons (Fsp3) is 0.286. The summed E-state index contributed by atoms with van der Waals surface area (Å²) in [5.74, 6) is -0.143. The molecule has 2 heterocycles. The molecule has 2 N–H and O–H groups in total. The maximum Gasteiger partial charge on any atom is 0.328 e. The SMILES string of the molecule is Cc1ccc(C(=O)N2CCC(Nc3ccc(C=CC(=O)O)cn3)CC2)cc1. The van der Waals surface area contributed by atoms with Crippen molar-refractivity contribution in [3.8, 4) is 0 Å². The number of aliphatic carboxylic acids is 1. The van der Waals surface area contributed by atoms with Crippen LogP contribution in [0.5, 0.6) is 0 Å². The molecule has 3 rings (SSSR count). The number of carbonyl (C=O) groups is 2. The van der Waals surface area contributed by atoms with Crippen LogP contribution < -0.4 is 5.32 Å². The molecule has 0 aliphatic carbocycles. The lowest BCUT2D eigenvalue weighted by Crippen LogP contribution is -2.42. The lowest BCUT2D eigenvalue weighted by Gasteiger charge is -2.32. The Kier molecular flexibility index (Phi) is 5.86. The van der Waals surface area contributed by atoms with Crippen molar-refractivity contribution < 1.29 is 14.7 Å². The Hall–Kier alpha value is -3.15. The summed E-state index contributed by atoms with van der Waals surface area (Å²) in [6.45, 7) is 3.43. The summed E-state index contributed by atoms with van der Waals surface area (Å²) in [4.78, 5) is 29.3. The van der Waals surface area contributed by atoms with E-state index >= 15 is 0 Å². The second kappa shape index (κ2) is 8.49. The minimum atomic E-state index is -0.982. The van der Waals surface area contributed by atoms with Crippen LogP contribution in [0.4, 0.5) is 5.82 Å². The van der Waals surface area contributed by atoms with E-state index in [0.29, 0.717) is 13.1 Å². The van der Waals surface area contributed by atoms with E-state index in [0.717, 1.165) is 41.4 Å². The van der Waals surface area contributed by atoms with Crippen LogP contribution in [0.25, 0.3) is 6.08 Å². The quantitative estimate of drug-likeness (QED) is 0.795. The molecular formula is C21H23N3O3. The summed E-state index contributed by atoms with van der Waals surface area (Å²) in [6.07, 6.45) is 5.96. The molecule has 1 fully saturated rings. The van der Waals surface area contributed by atoms with E-state index in [9.17, 15) is 9.59 Å². The molecule has 1 aromatic carbocycles. The number of likely N-dealkylation sites (tertiary alicyclic amines) is 1. The van der Waals surface area contributed by atoms with Gasteiger partial charge in [0.1, 0.15) is 5.82 Å². The number of piperidine rings is 1. The molecule has 0 unspecified atom stereocenters. The van der Waals surface area contributed by atoms with Crippen LogP contribution in [0.2, 0.25) is 0 Å². The third kappa shape index (κ3) is 5.17. The van der Waals surface area contributed by atoms with E-state index in [1.807, 2.05) is 48.2 Å². The van der Waals surface area contributed by atoms with Crippen molar-refractivity contribution in [1.82, 2.24) is 9.88 Å². The van der Waals surface area contributed by atoms with Gasteiger partial charge in [-0.1, -0.05) is 17.7 Å². The number of pyridine rings is 1. The standard InChI is InChI=1S/C21H23N3O3/c1-15-2-6-17(7-3-15)21(27)24-12-10-18(11-13-24)23-19-8-4-16(14-22-19)5-9-20(25)26/h2-9,14,18H,10-13H2,1H3,(H,22,23)(H,25,26). The number of aryl methyl sites for hydroxylation is 1. The van der Waals surface area contributed by atoms with Gasteiger partial charge in [-0.2, -0.15) is 0 Å². The molecule has 1 aliphatic heterocycles. The zero-order valence-electron chi connectivity index (χ0n) is 15.3. The Morgan fingerprint density at radius 3 is 2.44 bits per heavy atom. The molecule has 27 heavy (non-hydrogen) atoms. The smallest absolute Gasteiger partial charge is 0.328 e. The van der Waals surface area contributed by atoms with E-state index < -0.39 is 5.97 Å². The van der Waals surface area contributed by atoms with E-state index in [4.69, 9.17) is 5.11 Å². The average Bonchev–Trinajstić information content (AvgIpc) is 2.68. The predicted molar refractivity (Wildman–Crippen MR) is 105 cm³/mol. The summed E-state index contributed by atoms with van der Waals surface area (Å²) < 4.78 is 0. The second-order valence-electron chi connectivity index (χ2n) is 6.73. The molecule has 2 aromatic rings. The number of hydrogen-bond acceptors (Lipinski definition) is 4. The average molecular weight is 365 g/mol. The molecule has 0 saturated carbocycles. The van der Waals surface area contributed by atoms with Crippen LogP contribution in [-0.2, 0) is 4.79 Å². The van der Waals surface area contributed by atoms with Crippen LogP contribution in [0.15, 0.2) is 48.7 Å². The second-order valence-corrected chi connectivity index (χ2v) is 6.73. The van der Waals surface area contributed by atoms with Crippen LogP contribution in [-0.4, -0.2) is 46.0 Å². The zero-order valence-corrected chi connectivity index (χ0v) is 15.3. The molecule has 0 atom stereocenters. The molecule has 0 spiro atoms. The van der Waals surface area contributed by atoms with E-state index in [1.54, 1.807) is 6.20 Å². The maximum absolute atomic E-state index is 12.6. The molecule has 1 aliphatic rings. The Bertz CT molecular complexity index is 821. The highest BCUT2D eigenvalue weighted by Gasteiger charge is 2.23. The molecule has 1 amide bonds. The first-order valence-corrected chi connectivity index (χ1v) is 9.01. The van der Waals surface area contributed by atoms with Gasteiger partial charge in [0.15, 0.2) is 0 Å². The Labute approximate surface area is 158 Å². The fourth-order valence-corrected chi connectivity index (χ4v) is 3.07. The maximum atomic E-state index is 12.6. The highest BCUT2D eigenvalue weighted by atomic mass is 16.4. The molecule has 6 nitrogen and oxygen atoms in total. The van der Waals surface area contributed by atoms with Gasteiger partial charge in [0.2, 0.25) is 0 Å². The van der Waals surface area contributed by atoms with Gasteiger partial charge >= 0.3 is 5.97 Å². The lowest BCUT2D eigenvalue weighted by atomic mass is 10.0. The number of aromatic nitrogens is 1. The first kappa shape index (κ1) is 18.6. The van der Waals surface area contributed by atoms with Gasteiger partial charge in [-0.25, -0.2) is 9.78 Å². The number of amides is 1. The number of benzene rings is 1. The van der Waals surface area contributed by atoms with Crippen molar-refractivity contribution in [3.63, 3.8) is 0 Å². The topological polar surface area (TPSA) is 82.5 Å².